The van der Waals surface area contributed by atoms with E-state index in [2.05, 4.69) is 30.7 Å². The quantitative estimate of drug-likeness (QED) is 0.181. The maximum atomic E-state index is 14.7. The molecule has 2 aromatic carbocycles. The first-order valence-electron chi connectivity index (χ1n) is 16.7. The van der Waals surface area contributed by atoms with E-state index in [9.17, 15) is 23.2 Å². The van der Waals surface area contributed by atoms with Crippen LogP contribution in [0.3, 0.4) is 0 Å². The maximum Gasteiger partial charge on any atom is 0.304 e. The fraction of sp³-hybridized carbons (Fsp3) is 0.500. The number of aliphatic carboxylic acids is 1. The summed E-state index contributed by atoms with van der Waals surface area (Å²) in [6.07, 6.45) is 3.63. The van der Waals surface area contributed by atoms with Gasteiger partial charge in [-0.3, -0.25) is 14.4 Å². The summed E-state index contributed by atoms with van der Waals surface area (Å²) in [5, 5.41) is 11.7. The van der Waals surface area contributed by atoms with Crippen molar-refractivity contribution in [2.45, 2.75) is 87.7 Å². The number of nitrogens with two attached hydrogens (primary N) is 1. The molecule has 0 radical (unpaired) electrons. The Balaban J connectivity index is 0.000000702. The molecule has 2 amide bonds. The highest BCUT2D eigenvalue weighted by molar-refractivity contribution is 5.84. The lowest BCUT2D eigenvalue weighted by molar-refractivity contribution is -0.143. The third-order valence-electron chi connectivity index (χ3n) is 7.82. The van der Waals surface area contributed by atoms with Gasteiger partial charge in [0.05, 0.1) is 17.9 Å². The predicted octanol–water partition coefficient (Wildman–Crippen LogP) is 7.66. The Labute approximate surface area is 285 Å². The Bertz CT molecular complexity index is 1430. The van der Waals surface area contributed by atoms with E-state index in [1.54, 1.807) is 0 Å². The van der Waals surface area contributed by atoms with Crippen LogP contribution in [0.4, 0.5) is 8.78 Å². The number of aromatic nitrogens is 1. The molecule has 4 rings (SSSR count). The van der Waals surface area contributed by atoms with E-state index < -0.39 is 28.9 Å². The second kappa shape index (κ2) is 19.7. The van der Waals surface area contributed by atoms with Gasteiger partial charge in [0, 0.05) is 36.1 Å². The van der Waals surface area contributed by atoms with Crippen molar-refractivity contribution in [1.29, 1.82) is 0 Å². The second-order valence-electron chi connectivity index (χ2n) is 13.1. The molecule has 0 spiro atoms. The SMILES string of the molecule is CC.CC.CC(C)(C)C(c1cc(-c2cc(F)ccc2F)cn1Cc1ccccc1)N(C=O)CC1CCNC1.CC(C)(CC(=O)O)C(N)=O. The summed E-state index contributed by atoms with van der Waals surface area (Å²) < 4.78 is 30.8. The average molecular weight is 671 g/mol. The fourth-order valence-electron chi connectivity index (χ4n) is 5.49. The molecule has 48 heavy (non-hydrogen) atoms. The first-order valence-corrected chi connectivity index (χ1v) is 16.7. The highest BCUT2D eigenvalue weighted by Gasteiger charge is 2.36. The van der Waals surface area contributed by atoms with Gasteiger partial charge < -0.3 is 25.6 Å². The molecule has 8 nitrogen and oxygen atoms in total. The summed E-state index contributed by atoms with van der Waals surface area (Å²) >= 11 is 0. The Hall–Kier alpha value is -4.05. The zero-order valence-electron chi connectivity index (χ0n) is 30.1. The Morgan fingerprint density at radius 3 is 2.15 bits per heavy atom. The molecular formula is C38H56F2N4O4. The minimum atomic E-state index is -1.01. The number of hydrogen-bond acceptors (Lipinski definition) is 4. The molecule has 266 valence electrons. The summed E-state index contributed by atoms with van der Waals surface area (Å²) in [6, 6.07) is 15.2. The molecule has 2 heterocycles. The van der Waals surface area contributed by atoms with Crippen molar-refractivity contribution in [1.82, 2.24) is 14.8 Å². The number of amides is 2. The van der Waals surface area contributed by atoms with Crippen LogP contribution in [0.1, 0.15) is 92.5 Å². The summed E-state index contributed by atoms with van der Waals surface area (Å²) in [4.78, 5) is 34.9. The maximum absolute atomic E-state index is 14.7. The number of benzene rings is 2. The van der Waals surface area contributed by atoms with Gasteiger partial charge in [0.25, 0.3) is 0 Å². The van der Waals surface area contributed by atoms with Gasteiger partial charge in [-0.05, 0) is 60.7 Å². The average Bonchev–Trinajstić information content (AvgIpc) is 3.70. The van der Waals surface area contributed by atoms with Crippen molar-refractivity contribution < 1.29 is 28.3 Å². The molecule has 0 saturated carbocycles. The summed E-state index contributed by atoms with van der Waals surface area (Å²) in [5.41, 5.74) is 6.52. The number of hydrogen-bond donors (Lipinski definition) is 3. The monoisotopic (exact) mass is 670 g/mol. The van der Waals surface area contributed by atoms with E-state index in [4.69, 9.17) is 10.8 Å². The highest BCUT2D eigenvalue weighted by Crippen LogP contribution is 2.41. The lowest BCUT2D eigenvalue weighted by Gasteiger charge is -2.40. The molecular weight excluding hydrogens is 614 g/mol. The molecule has 1 aliphatic rings. The molecule has 10 heteroatoms. The van der Waals surface area contributed by atoms with Crippen LogP contribution in [0, 0.1) is 28.4 Å². The molecule has 0 bridgehead atoms. The predicted molar refractivity (Wildman–Crippen MR) is 189 cm³/mol. The molecule has 0 aliphatic carbocycles. The number of nitrogens with zero attached hydrogens (tertiary/aromatic N) is 2. The number of primary amides is 1. The van der Waals surface area contributed by atoms with Gasteiger partial charge in [0.1, 0.15) is 11.6 Å². The van der Waals surface area contributed by atoms with Gasteiger partial charge >= 0.3 is 5.97 Å². The van der Waals surface area contributed by atoms with Crippen molar-refractivity contribution >= 4 is 18.3 Å². The van der Waals surface area contributed by atoms with E-state index in [0.29, 0.717) is 24.6 Å². The van der Waals surface area contributed by atoms with Crippen LogP contribution in [0.25, 0.3) is 11.1 Å². The third kappa shape index (κ3) is 12.5. The summed E-state index contributed by atoms with van der Waals surface area (Å²) in [6.45, 7) is 20.4. The largest absolute Gasteiger partial charge is 0.481 e. The zero-order valence-corrected chi connectivity index (χ0v) is 30.1. The van der Waals surface area contributed by atoms with Crippen LogP contribution in [-0.4, -0.2) is 52.5 Å². The molecule has 1 fully saturated rings. The van der Waals surface area contributed by atoms with E-state index >= 15 is 0 Å². The van der Waals surface area contributed by atoms with Crippen molar-refractivity contribution in [2.24, 2.45) is 22.5 Å². The third-order valence-corrected chi connectivity index (χ3v) is 7.82. The molecule has 3 aromatic rings. The van der Waals surface area contributed by atoms with E-state index in [-0.39, 0.29) is 23.4 Å². The van der Waals surface area contributed by atoms with Crippen LogP contribution in [0.2, 0.25) is 0 Å². The van der Waals surface area contributed by atoms with Crippen LogP contribution < -0.4 is 11.1 Å². The van der Waals surface area contributed by atoms with E-state index in [1.165, 1.54) is 19.9 Å². The van der Waals surface area contributed by atoms with Gasteiger partial charge in [0.15, 0.2) is 0 Å². The van der Waals surface area contributed by atoms with Gasteiger partial charge in [0.2, 0.25) is 12.3 Å². The van der Waals surface area contributed by atoms with Gasteiger partial charge in [-0.15, -0.1) is 0 Å². The topological polar surface area (TPSA) is 118 Å². The number of carbonyl (C=O) groups is 3. The minimum absolute atomic E-state index is 0.220. The smallest absolute Gasteiger partial charge is 0.304 e. The molecule has 1 aliphatic heterocycles. The summed E-state index contributed by atoms with van der Waals surface area (Å²) in [5.74, 6) is -2.16. The number of carboxylic acid groups (broad SMARTS) is 1. The van der Waals surface area contributed by atoms with Crippen LogP contribution >= 0.6 is 0 Å². The fourth-order valence-corrected chi connectivity index (χ4v) is 5.49. The van der Waals surface area contributed by atoms with Crippen molar-refractivity contribution in [2.75, 3.05) is 19.6 Å². The standard InChI is InChI=1S/C28H33F2N3O.C6H11NO3.2C2H6/c1-28(2,3)27(33(19-34)17-21-11-12-31-15-21)26-13-22(24-14-23(29)9-10-25(24)30)18-32(26)16-20-7-5-4-6-8-20;1-6(2,5(7)10)3-4(8)9;2*1-2/h4-10,13-14,18-19,21,27,31H,11-12,15-17H2,1-3H3;3H2,1-2H3,(H2,7,10)(H,8,9);2*1-2H3. The zero-order chi connectivity index (χ0) is 36.7. The molecule has 1 saturated heterocycles. The highest BCUT2D eigenvalue weighted by atomic mass is 19.1. The normalized spacial score (nSPS) is 14.6. The number of carboxylic acids is 1. The number of rotatable bonds is 11. The lowest BCUT2D eigenvalue weighted by atomic mass is 9.83. The Kier molecular flexibility index (Phi) is 17.2. The van der Waals surface area contributed by atoms with Gasteiger partial charge in [-0.25, -0.2) is 8.78 Å². The number of halogens is 2. The molecule has 1 aromatic heterocycles. The van der Waals surface area contributed by atoms with Crippen LogP contribution in [-0.2, 0) is 20.9 Å². The molecule has 4 N–H and O–H groups in total. The van der Waals surface area contributed by atoms with Crippen LogP contribution in [0.15, 0.2) is 60.8 Å². The van der Waals surface area contributed by atoms with Crippen LogP contribution in [0.5, 0.6) is 0 Å². The van der Waals surface area contributed by atoms with Crippen molar-refractivity contribution in [3.63, 3.8) is 0 Å². The van der Waals surface area contributed by atoms with E-state index in [1.807, 2.05) is 75.2 Å². The number of carbonyl (C=O) groups excluding carboxylic acids is 2. The first-order chi connectivity index (χ1) is 22.6. The van der Waals surface area contributed by atoms with Crippen molar-refractivity contribution in [3.8, 4) is 11.1 Å². The van der Waals surface area contributed by atoms with E-state index in [0.717, 1.165) is 49.3 Å². The van der Waals surface area contributed by atoms with Gasteiger partial charge in [-0.1, -0.05) is 92.6 Å². The molecule has 2 atom stereocenters. The minimum Gasteiger partial charge on any atom is -0.481 e. The lowest BCUT2D eigenvalue weighted by Crippen LogP contribution is -2.40. The van der Waals surface area contributed by atoms with Crippen molar-refractivity contribution in [3.05, 3.63) is 83.7 Å². The first kappa shape index (κ1) is 42.0. The molecule has 2 unspecified atom stereocenters. The Morgan fingerprint density at radius 1 is 1.04 bits per heavy atom. The Morgan fingerprint density at radius 2 is 1.67 bits per heavy atom. The second-order valence-corrected chi connectivity index (χ2v) is 13.1. The summed E-state index contributed by atoms with van der Waals surface area (Å²) in [7, 11) is 0. The number of nitrogens with one attached hydrogen (secondary N) is 1. The van der Waals surface area contributed by atoms with Gasteiger partial charge in [-0.2, -0.15) is 0 Å².